The smallest absolute Gasteiger partial charge is 0.306 e. The average molecular weight is 195 g/mol. The number of hydrogen-bond acceptors (Lipinski definition) is 1. The Morgan fingerprint density at radius 1 is 1.33 bits per heavy atom. The van der Waals surface area contributed by atoms with Gasteiger partial charge in [-0.3, -0.25) is 4.79 Å². The Hall–Kier alpha value is -0.240. The lowest BCUT2D eigenvalue weighted by Gasteiger charge is -2.04. The third-order valence-corrected chi connectivity index (χ3v) is 1.91. The van der Waals surface area contributed by atoms with Gasteiger partial charge in [-0.25, -0.2) is 0 Å². The molecule has 1 unspecified atom stereocenters. The number of carbonyl (C=O) groups is 1. The number of rotatable bonds is 6. The highest BCUT2D eigenvalue weighted by Gasteiger charge is 2.08. The van der Waals surface area contributed by atoms with Gasteiger partial charge in [0.15, 0.2) is 0 Å². The van der Waals surface area contributed by atoms with Crippen LogP contribution in [0.3, 0.4) is 0 Å². The van der Waals surface area contributed by atoms with Crippen molar-refractivity contribution in [2.45, 2.75) is 46.0 Å². The van der Waals surface area contributed by atoms with E-state index in [1.165, 1.54) is 19.3 Å². The molecular formula is C9H19ClO2. The van der Waals surface area contributed by atoms with E-state index >= 15 is 0 Å². The molecule has 74 valence electrons. The Bertz CT molecular complexity index is 115. The lowest BCUT2D eigenvalue weighted by atomic mass is 10.0. The van der Waals surface area contributed by atoms with Crippen LogP contribution in [0.2, 0.25) is 0 Å². The van der Waals surface area contributed by atoms with Crippen molar-refractivity contribution in [3.05, 3.63) is 0 Å². The van der Waals surface area contributed by atoms with Crippen LogP contribution in [0, 0.1) is 5.92 Å². The van der Waals surface area contributed by atoms with Gasteiger partial charge >= 0.3 is 5.97 Å². The molecule has 3 heteroatoms. The second-order valence-electron chi connectivity index (χ2n) is 3.09. The highest BCUT2D eigenvalue weighted by atomic mass is 35.5. The molecule has 0 aliphatic heterocycles. The van der Waals surface area contributed by atoms with E-state index in [1.54, 1.807) is 6.92 Å². The molecule has 1 N–H and O–H groups in total. The molecule has 2 nitrogen and oxygen atoms in total. The molecule has 0 heterocycles. The second kappa shape index (κ2) is 8.85. The van der Waals surface area contributed by atoms with Crippen molar-refractivity contribution in [3.8, 4) is 0 Å². The molecule has 0 spiro atoms. The quantitative estimate of drug-likeness (QED) is 0.660. The number of aliphatic carboxylic acids is 1. The maximum atomic E-state index is 10.4. The SMILES string of the molecule is CCCCCCC(C)C(=O)O.Cl. The van der Waals surface area contributed by atoms with Crippen LogP contribution < -0.4 is 0 Å². The summed E-state index contributed by atoms with van der Waals surface area (Å²) in [4.78, 5) is 10.4. The standard InChI is InChI=1S/C9H18O2.ClH/c1-3-4-5-6-7-8(2)9(10)11;/h8H,3-7H2,1-2H3,(H,10,11);1H. The molecule has 0 saturated heterocycles. The minimum atomic E-state index is -0.665. The number of unbranched alkanes of at least 4 members (excludes halogenated alkanes) is 3. The van der Waals surface area contributed by atoms with E-state index in [-0.39, 0.29) is 18.3 Å². The molecule has 1 atom stereocenters. The summed E-state index contributed by atoms with van der Waals surface area (Å²) in [5.74, 6) is -0.826. The summed E-state index contributed by atoms with van der Waals surface area (Å²) in [6.07, 6.45) is 5.50. The van der Waals surface area contributed by atoms with Crippen molar-refractivity contribution in [2.24, 2.45) is 5.92 Å². The zero-order chi connectivity index (χ0) is 8.69. The van der Waals surface area contributed by atoms with Gasteiger partial charge in [0.2, 0.25) is 0 Å². The van der Waals surface area contributed by atoms with Crippen molar-refractivity contribution in [2.75, 3.05) is 0 Å². The fourth-order valence-corrected chi connectivity index (χ4v) is 1.00. The van der Waals surface area contributed by atoms with Crippen molar-refractivity contribution in [1.82, 2.24) is 0 Å². The molecule has 0 aliphatic rings. The topological polar surface area (TPSA) is 37.3 Å². The highest BCUT2D eigenvalue weighted by Crippen LogP contribution is 2.09. The summed E-state index contributed by atoms with van der Waals surface area (Å²) in [5.41, 5.74) is 0. The maximum absolute atomic E-state index is 10.4. The predicted octanol–water partition coefficient (Wildman–Crippen LogP) is 3.10. The normalized spacial score (nSPS) is 11.8. The van der Waals surface area contributed by atoms with Crippen LogP contribution in [0.4, 0.5) is 0 Å². The molecule has 0 aromatic heterocycles. The molecule has 0 aliphatic carbocycles. The molecular weight excluding hydrogens is 176 g/mol. The second-order valence-corrected chi connectivity index (χ2v) is 3.09. The number of carboxylic acid groups (broad SMARTS) is 1. The fraction of sp³-hybridized carbons (Fsp3) is 0.889. The first-order chi connectivity index (χ1) is 5.18. The van der Waals surface area contributed by atoms with Crippen molar-refractivity contribution >= 4 is 18.4 Å². The zero-order valence-electron chi connectivity index (χ0n) is 7.88. The zero-order valence-corrected chi connectivity index (χ0v) is 8.69. The monoisotopic (exact) mass is 194 g/mol. The number of carboxylic acids is 1. The van der Waals surface area contributed by atoms with Crippen molar-refractivity contribution < 1.29 is 9.90 Å². The Morgan fingerprint density at radius 2 is 1.92 bits per heavy atom. The summed E-state index contributed by atoms with van der Waals surface area (Å²) in [6, 6.07) is 0. The minimum absolute atomic E-state index is 0. The van der Waals surface area contributed by atoms with Crippen LogP contribution in [0.5, 0.6) is 0 Å². The lowest BCUT2D eigenvalue weighted by molar-refractivity contribution is -0.141. The first-order valence-corrected chi connectivity index (χ1v) is 4.41. The molecule has 0 amide bonds. The van der Waals surface area contributed by atoms with Gasteiger partial charge in [-0.05, 0) is 6.42 Å². The molecule has 0 aromatic rings. The third-order valence-electron chi connectivity index (χ3n) is 1.91. The summed E-state index contributed by atoms with van der Waals surface area (Å²) in [5, 5.41) is 8.54. The van der Waals surface area contributed by atoms with E-state index in [1.807, 2.05) is 0 Å². The van der Waals surface area contributed by atoms with E-state index in [0.29, 0.717) is 0 Å². The third kappa shape index (κ3) is 7.86. The van der Waals surface area contributed by atoms with E-state index in [4.69, 9.17) is 5.11 Å². The Labute approximate surface area is 80.8 Å². The van der Waals surface area contributed by atoms with Gasteiger partial charge < -0.3 is 5.11 Å². The molecule has 0 fully saturated rings. The predicted molar refractivity (Wildman–Crippen MR) is 52.8 cm³/mol. The van der Waals surface area contributed by atoms with Gasteiger partial charge in [0.05, 0.1) is 5.92 Å². The van der Waals surface area contributed by atoms with Gasteiger partial charge in [0, 0.05) is 0 Å². The minimum Gasteiger partial charge on any atom is -0.481 e. The molecule has 0 saturated carbocycles. The van der Waals surface area contributed by atoms with Crippen molar-refractivity contribution in [3.63, 3.8) is 0 Å². The number of halogens is 1. The van der Waals surface area contributed by atoms with Crippen LogP contribution in [0.15, 0.2) is 0 Å². The van der Waals surface area contributed by atoms with E-state index in [0.717, 1.165) is 12.8 Å². The Balaban J connectivity index is 0. The number of hydrogen-bond donors (Lipinski definition) is 1. The van der Waals surface area contributed by atoms with Gasteiger partial charge in [-0.15, -0.1) is 12.4 Å². The van der Waals surface area contributed by atoms with Crippen LogP contribution in [0.25, 0.3) is 0 Å². The largest absolute Gasteiger partial charge is 0.481 e. The van der Waals surface area contributed by atoms with Gasteiger partial charge in [-0.1, -0.05) is 39.5 Å². The summed E-state index contributed by atoms with van der Waals surface area (Å²) < 4.78 is 0. The van der Waals surface area contributed by atoms with Gasteiger partial charge in [0.25, 0.3) is 0 Å². The average Bonchev–Trinajstić information content (AvgIpc) is 1.97. The van der Waals surface area contributed by atoms with Crippen molar-refractivity contribution in [1.29, 1.82) is 0 Å². The van der Waals surface area contributed by atoms with Crippen LogP contribution in [-0.2, 0) is 4.79 Å². The Morgan fingerprint density at radius 3 is 2.33 bits per heavy atom. The summed E-state index contributed by atoms with van der Waals surface area (Å²) in [7, 11) is 0. The summed E-state index contributed by atoms with van der Waals surface area (Å²) >= 11 is 0. The van der Waals surface area contributed by atoms with E-state index < -0.39 is 5.97 Å². The first-order valence-electron chi connectivity index (χ1n) is 4.41. The van der Waals surface area contributed by atoms with Crippen LogP contribution in [-0.4, -0.2) is 11.1 Å². The molecule has 0 bridgehead atoms. The molecule has 0 rings (SSSR count). The van der Waals surface area contributed by atoms with E-state index in [9.17, 15) is 4.79 Å². The highest BCUT2D eigenvalue weighted by molar-refractivity contribution is 5.85. The maximum Gasteiger partial charge on any atom is 0.306 e. The van der Waals surface area contributed by atoms with Crippen LogP contribution in [0.1, 0.15) is 46.0 Å². The fourth-order valence-electron chi connectivity index (χ4n) is 1.00. The van der Waals surface area contributed by atoms with Gasteiger partial charge in [-0.2, -0.15) is 0 Å². The lowest BCUT2D eigenvalue weighted by Crippen LogP contribution is -2.08. The summed E-state index contributed by atoms with van der Waals surface area (Å²) in [6.45, 7) is 3.93. The molecule has 0 radical (unpaired) electrons. The first kappa shape index (κ1) is 14.3. The van der Waals surface area contributed by atoms with Crippen LogP contribution >= 0.6 is 12.4 Å². The van der Waals surface area contributed by atoms with E-state index in [2.05, 4.69) is 6.92 Å². The Kier molecular flexibility index (Phi) is 10.5. The van der Waals surface area contributed by atoms with Gasteiger partial charge in [0.1, 0.15) is 0 Å². The molecule has 0 aromatic carbocycles. The molecule has 12 heavy (non-hydrogen) atoms.